The van der Waals surface area contributed by atoms with Gasteiger partial charge in [0, 0.05) is 26.7 Å². The van der Waals surface area contributed by atoms with Crippen LogP contribution in [0.1, 0.15) is 40.5 Å². The van der Waals surface area contributed by atoms with E-state index >= 15 is 0 Å². The second kappa shape index (κ2) is 9.20. The van der Waals surface area contributed by atoms with E-state index in [2.05, 4.69) is 16.0 Å². The molecule has 0 radical (unpaired) electrons. The van der Waals surface area contributed by atoms with Gasteiger partial charge in [0.15, 0.2) is 0 Å². The fourth-order valence-corrected chi connectivity index (χ4v) is 3.25. The first-order valence-electron chi connectivity index (χ1n) is 9.38. The molecule has 1 aliphatic rings. The fraction of sp³-hybridized carbons (Fsp3) is 0.765. The van der Waals surface area contributed by atoms with Crippen LogP contribution >= 0.6 is 0 Å². The topological polar surface area (TPSA) is 124 Å². The molecule has 2 atom stereocenters. The molecule has 0 aliphatic carbocycles. The first kappa shape index (κ1) is 21.9. The summed E-state index contributed by atoms with van der Waals surface area (Å²) in [4.78, 5) is 24.8. The van der Waals surface area contributed by atoms with Gasteiger partial charge in [0.25, 0.3) is 0 Å². The second-order valence-electron chi connectivity index (χ2n) is 7.64. The average Bonchev–Trinajstić information content (AvgIpc) is 2.93. The molecule has 11 heteroatoms. The van der Waals surface area contributed by atoms with Crippen molar-refractivity contribution in [3.05, 3.63) is 16.3 Å². The van der Waals surface area contributed by atoms with Crippen LogP contribution in [-0.4, -0.2) is 58.7 Å². The van der Waals surface area contributed by atoms with Crippen molar-refractivity contribution in [1.29, 1.82) is 0 Å². The molecule has 2 N–H and O–H groups in total. The van der Waals surface area contributed by atoms with Gasteiger partial charge < -0.3 is 14.4 Å². The Balaban J connectivity index is 2.08. The molecule has 2 unspecified atom stereocenters. The van der Waals surface area contributed by atoms with E-state index in [-0.39, 0.29) is 17.8 Å². The lowest BCUT2D eigenvalue weighted by atomic mass is 10.1. The van der Waals surface area contributed by atoms with Crippen LogP contribution in [0.2, 0.25) is 0 Å². The third kappa shape index (κ3) is 5.55. The number of hydrogen-bond acceptors (Lipinski definition) is 8. The van der Waals surface area contributed by atoms with E-state index < -0.39 is 16.6 Å². The van der Waals surface area contributed by atoms with Gasteiger partial charge in [-0.2, -0.15) is 5.10 Å². The van der Waals surface area contributed by atoms with Crippen molar-refractivity contribution in [1.82, 2.24) is 20.6 Å². The smallest absolute Gasteiger partial charge is 0.422 e. The zero-order chi connectivity index (χ0) is 20.9. The number of aryl methyl sites for hydroxylation is 1. The van der Waals surface area contributed by atoms with Crippen LogP contribution in [-0.2, 0) is 16.0 Å². The molecule has 2 rings (SSSR count). The Morgan fingerprint density at radius 1 is 1.39 bits per heavy atom. The van der Waals surface area contributed by atoms with Crippen molar-refractivity contribution in [2.75, 3.05) is 25.1 Å². The lowest BCUT2D eigenvalue weighted by molar-refractivity contribution is -0.384. The SMILES string of the molecule is CCn1ncc([N+](=O)[O-])c1N1CCC(NNC(=O)OC(C)(C)C)C(OC)CC1. The molecule has 2 heterocycles. The summed E-state index contributed by atoms with van der Waals surface area (Å²) in [5.41, 5.74) is 4.95. The molecule has 0 saturated carbocycles. The van der Waals surface area contributed by atoms with Gasteiger partial charge >= 0.3 is 11.8 Å². The van der Waals surface area contributed by atoms with Crippen molar-refractivity contribution < 1.29 is 19.2 Å². The number of carbonyl (C=O) groups is 1. The molecule has 1 aromatic rings. The minimum atomic E-state index is -0.593. The first-order valence-corrected chi connectivity index (χ1v) is 9.38. The van der Waals surface area contributed by atoms with Gasteiger partial charge in [-0.3, -0.25) is 15.5 Å². The number of ether oxygens (including phenoxy) is 2. The van der Waals surface area contributed by atoms with Crippen LogP contribution in [0.3, 0.4) is 0 Å². The van der Waals surface area contributed by atoms with Crippen molar-refractivity contribution >= 4 is 17.6 Å². The maximum absolute atomic E-state index is 11.9. The zero-order valence-corrected chi connectivity index (χ0v) is 17.1. The molecular formula is C17H30N6O5. The molecule has 28 heavy (non-hydrogen) atoms. The minimum Gasteiger partial charge on any atom is -0.443 e. The fourth-order valence-electron chi connectivity index (χ4n) is 3.25. The summed E-state index contributed by atoms with van der Waals surface area (Å²) in [6.07, 6.45) is 1.80. The minimum absolute atomic E-state index is 0.00546. The van der Waals surface area contributed by atoms with Crippen LogP contribution < -0.4 is 15.8 Å². The van der Waals surface area contributed by atoms with Crippen LogP contribution in [0.5, 0.6) is 0 Å². The molecule has 11 nitrogen and oxygen atoms in total. The van der Waals surface area contributed by atoms with Gasteiger partial charge in [0.1, 0.15) is 11.8 Å². The van der Waals surface area contributed by atoms with Gasteiger partial charge in [-0.05, 0) is 40.5 Å². The summed E-state index contributed by atoms with van der Waals surface area (Å²) in [6, 6.07) is -0.167. The number of amides is 1. The van der Waals surface area contributed by atoms with E-state index in [4.69, 9.17) is 9.47 Å². The van der Waals surface area contributed by atoms with Gasteiger partial charge in [-0.1, -0.05) is 0 Å². The number of nitrogens with zero attached hydrogens (tertiary/aromatic N) is 4. The number of rotatable bonds is 6. The number of hydrogen-bond donors (Lipinski definition) is 2. The molecule has 1 aliphatic heterocycles. The highest BCUT2D eigenvalue weighted by atomic mass is 16.6. The molecule has 0 bridgehead atoms. The summed E-state index contributed by atoms with van der Waals surface area (Å²) in [5, 5.41) is 15.5. The number of methoxy groups -OCH3 is 1. The molecule has 0 spiro atoms. The monoisotopic (exact) mass is 398 g/mol. The van der Waals surface area contributed by atoms with Gasteiger partial charge in [0.05, 0.1) is 17.1 Å². The van der Waals surface area contributed by atoms with Crippen LogP contribution in [0, 0.1) is 10.1 Å². The number of hydrazine groups is 1. The van der Waals surface area contributed by atoms with E-state index in [1.165, 1.54) is 6.20 Å². The highest BCUT2D eigenvalue weighted by Crippen LogP contribution is 2.30. The standard InChI is InChI=1S/C17H30N6O5/c1-6-22-15(13(11-18-22)23(25)26)21-9-7-12(14(27-5)8-10-21)19-20-16(24)28-17(2,3)4/h11-12,14,19H,6-10H2,1-5H3,(H,20,24). The molecule has 158 valence electrons. The summed E-state index contributed by atoms with van der Waals surface area (Å²) in [6.45, 7) is 8.93. The third-order valence-electron chi connectivity index (χ3n) is 4.49. The number of nitro groups is 1. The second-order valence-corrected chi connectivity index (χ2v) is 7.64. The molecule has 1 aromatic heterocycles. The van der Waals surface area contributed by atoms with Crippen molar-refractivity contribution in [2.24, 2.45) is 0 Å². The highest BCUT2D eigenvalue weighted by molar-refractivity contribution is 5.67. The van der Waals surface area contributed by atoms with Crippen molar-refractivity contribution in [3.63, 3.8) is 0 Å². The number of anilines is 1. The van der Waals surface area contributed by atoms with E-state index in [9.17, 15) is 14.9 Å². The average molecular weight is 398 g/mol. The van der Waals surface area contributed by atoms with Crippen molar-refractivity contribution in [2.45, 2.75) is 64.8 Å². The molecule has 1 fully saturated rings. The maximum Gasteiger partial charge on any atom is 0.422 e. The number of nitrogens with one attached hydrogen (secondary N) is 2. The van der Waals surface area contributed by atoms with Gasteiger partial charge in [-0.15, -0.1) is 0 Å². The van der Waals surface area contributed by atoms with E-state index in [0.29, 0.717) is 38.3 Å². The molecular weight excluding hydrogens is 368 g/mol. The summed E-state index contributed by atoms with van der Waals surface area (Å²) in [5.74, 6) is 0.503. The Bertz CT molecular complexity index is 686. The Morgan fingerprint density at radius 3 is 2.64 bits per heavy atom. The largest absolute Gasteiger partial charge is 0.443 e. The van der Waals surface area contributed by atoms with Crippen molar-refractivity contribution in [3.8, 4) is 0 Å². The summed E-state index contributed by atoms with van der Waals surface area (Å²) in [7, 11) is 1.61. The number of aromatic nitrogens is 2. The van der Waals surface area contributed by atoms with Gasteiger partial charge in [-0.25, -0.2) is 14.9 Å². The Kier molecular flexibility index (Phi) is 7.19. The zero-order valence-electron chi connectivity index (χ0n) is 17.1. The normalized spacial score (nSPS) is 20.5. The third-order valence-corrected chi connectivity index (χ3v) is 4.49. The summed E-state index contributed by atoms with van der Waals surface area (Å²) >= 11 is 0. The number of carbonyl (C=O) groups excluding carboxylic acids is 1. The Morgan fingerprint density at radius 2 is 2.07 bits per heavy atom. The van der Waals surface area contributed by atoms with Crippen LogP contribution in [0.4, 0.5) is 16.3 Å². The first-order chi connectivity index (χ1) is 13.2. The predicted molar refractivity (Wildman–Crippen MR) is 103 cm³/mol. The van der Waals surface area contributed by atoms with Crippen LogP contribution in [0.25, 0.3) is 0 Å². The molecule has 0 aromatic carbocycles. The quantitative estimate of drug-likeness (QED) is 0.549. The highest BCUT2D eigenvalue weighted by Gasteiger charge is 2.32. The Hall–Kier alpha value is -2.40. The van der Waals surface area contributed by atoms with Crippen LogP contribution in [0.15, 0.2) is 6.20 Å². The van der Waals surface area contributed by atoms with E-state index in [1.807, 2.05) is 11.8 Å². The molecule has 1 saturated heterocycles. The lowest BCUT2D eigenvalue weighted by Gasteiger charge is -2.26. The maximum atomic E-state index is 11.9. The van der Waals surface area contributed by atoms with Gasteiger partial charge in [0.2, 0.25) is 5.82 Å². The summed E-state index contributed by atoms with van der Waals surface area (Å²) < 4.78 is 12.4. The Labute approximate surface area is 164 Å². The van der Waals surface area contributed by atoms with E-state index in [1.54, 1.807) is 32.6 Å². The van der Waals surface area contributed by atoms with E-state index in [0.717, 1.165) is 0 Å². The predicted octanol–water partition coefficient (Wildman–Crippen LogP) is 1.82. The lowest BCUT2D eigenvalue weighted by Crippen LogP contribution is -2.51. The molecule has 1 amide bonds.